The largest absolute Gasteiger partial charge is 0.362 e. The van der Waals surface area contributed by atoms with Crippen LogP contribution >= 0.6 is 12.2 Å². The predicted octanol–water partition coefficient (Wildman–Crippen LogP) is 2.60. The number of halogens is 1. The van der Waals surface area contributed by atoms with Gasteiger partial charge in [0.2, 0.25) is 0 Å². The van der Waals surface area contributed by atoms with Crippen LogP contribution in [-0.4, -0.2) is 23.0 Å². The number of hydrogen-bond donors (Lipinski definition) is 0. The average Bonchev–Trinajstić information content (AvgIpc) is 2.71. The van der Waals surface area contributed by atoms with Crippen LogP contribution in [0.1, 0.15) is 18.4 Å². The normalized spacial score (nSPS) is 15.9. The molecule has 1 heterocycles. The van der Waals surface area contributed by atoms with Gasteiger partial charge in [-0.3, -0.25) is 0 Å². The van der Waals surface area contributed by atoms with Crippen LogP contribution in [0.25, 0.3) is 0 Å². The van der Waals surface area contributed by atoms with E-state index in [2.05, 4.69) is 4.90 Å². The van der Waals surface area contributed by atoms with Gasteiger partial charge in [-0.05, 0) is 37.1 Å². The molecule has 1 fully saturated rings. The molecule has 0 atom stereocenters. The van der Waals surface area contributed by atoms with Gasteiger partial charge in [0.25, 0.3) is 0 Å². The molecule has 0 amide bonds. The lowest BCUT2D eigenvalue weighted by molar-refractivity contribution is 0.530. The van der Waals surface area contributed by atoms with Crippen molar-refractivity contribution in [3.8, 4) is 0 Å². The Balaban J connectivity index is 2.14. The molecule has 0 aliphatic carbocycles. The van der Waals surface area contributed by atoms with Gasteiger partial charge in [0.05, 0.1) is 0 Å². The summed E-state index contributed by atoms with van der Waals surface area (Å²) in [6.45, 7) is 2.08. The highest BCUT2D eigenvalue weighted by molar-refractivity contribution is 7.80. The van der Waals surface area contributed by atoms with Crippen LogP contribution in [0.15, 0.2) is 24.3 Å². The van der Waals surface area contributed by atoms with Crippen molar-refractivity contribution < 1.29 is 4.39 Å². The van der Waals surface area contributed by atoms with E-state index in [0.29, 0.717) is 0 Å². The molecule has 1 aliphatic rings. The number of likely N-dealkylation sites (tertiary alicyclic amines) is 1. The summed E-state index contributed by atoms with van der Waals surface area (Å²) in [5, 5.41) is 0. The Labute approximate surface area is 88.5 Å². The number of nitrogens with zero attached hydrogens (tertiary/aromatic N) is 1. The third-order valence-electron chi connectivity index (χ3n) is 2.48. The molecule has 0 N–H and O–H groups in total. The van der Waals surface area contributed by atoms with Gasteiger partial charge in [-0.2, -0.15) is 0 Å². The smallest absolute Gasteiger partial charge is 0.123 e. The minimum Gasteiger partial charge on any atom is -0.362 e. The molecule has 0 aromatic heterocycles. The molecule has 0 unspecified atom stereocenters. The summed E-state index contributed by atoms with van der Waals surface area (Å²) in [6, 6.07) is 6.40. The van der Waals surface area contributed by atoms with Gasteiger partial charge in [0, 0.05) is 18.7 Å². The molecule has 0 radical (unpaired) electrons. The van der Waals surface area contributed by atoms with Gasteiger partial charge in [0.1, 0.15) is 10.8 Å². The number of benzene rings is 1. The Morgan fingerprint density at radius 3 is 2.29 bits per heavy atom. The first-order valence-corrected chi connectivity index (χ1v) is 5.23. The Morgan fingerprint density at radius 2 is 1.71 bits per heavy atom. The lowest BCUT2D eigenvalue weighted by atomic mass is 10.2. The number of thiocarbonyl (C=S) groups is 1. The topological polar surface area (TPSA) is 3.24 Å². The van der Waals surface area contributed by atoms with Crippen LogP contribution in [0.4, 0.5) is 4.39 Å². The zero-order valence-corrected chi connectivity index (χ0v) is 8.69. The molecule has 1 aliphatic heterocycles. The molecular weight excluding hydrogens is 197 g/mol. The highest BCUT2D eigenvalue weighted by Crippen LogP contribution is 2.14. The summed E-state index contributed by atoms with van der Waals surface area (Å²) in [6.07, 6.45) is 2.42. The fourth-order valence-corrected chi connectivity index (χ4v) is 2.01. The van der Waals surface area contributed by atoms with Crippen LogP contribution in [0.2, 0.25) is 0 Å². The summed E-state index contributed by atoms with van der Waals surface area (Å²) in [5.74, 6) is -0.210. The molecule has 1 nitrogen and oxygen atoms in total. The number of rotatable bonds is 1. The van der Waals surface area contributed by atoms with Crippen molar-refractivity contribution in [3.63, 3.8) is 0 Å². The van der Waals surface area contributed by atoms with Crippen LogP contribution in [0, 0.1) is 5.82 Å². The van der Waals surface area contributed by atoms with E-state index in [0.717, 1.165) is 23.6 Å². The molecule has 0 spiro atoms. The molecule has 14 heavy (non-hydrogen) atoms. The molecule has 1 aromatic rings. The lowest BCUT2D eigenvalue weighted by Crippen LogP contribution is -2.26. The fraction of sp³-hybridized carbons (Fsp3) is 0.364. The molecule has 74 valence electrons. The van der Waals surface area contributed by atoms with E-state index in [1.165, 1.54) is 25.0 Å². The maximum Gasteiger partial charge on any atom is 0.123 e. The molecule has 1 aromatic carbocycles. The van der Waals surface area contributed by atoms with Crippen LogP contribution in [-0.2, 0) is 0 Å². The second kappa shape index (κ2) is 4.05. The third-order valence-corrected chi connectivity index (χ3v) is 2.98. The van der Waals surface area contributed by atoms with Crippen molar-refractivity contribution in [2.24, 2.45) is 0 Å². The maximum absolute atomic E-state index is 12.7. The van der Waals surface area contributed by atoms with Crippen molar-refractivity contribution >= 4 is 17.2 Å². The van der Waals surface area contributed by atoms with Gasteiger partial charge < -0.3 is 4.90 Å². The van der Waals surface area contributed by atoms with Gasteiger partial charge in [-0.15, -0.1) is 0 Å². The Hall–Kier alpha value is -0.960. The summed E-state index contributed by atoms with van der Waals surface area (Å²) < 4.78 is 12.7. The van der Waals surface area contributed by atoms with E-state index in [9.17, 15) is 4.39 Å². The summed E-state index contributed by atoms with van der Waals surface area (Å²) in [5.41, 5.74) is 0.948. The van der Waals surface area contributed by atoms with E-state index >= 15 is 0 Å². The summed E-state index contributed by atoms with van der Waals surface area (Å²) in [7, 11) is 0. The average molecular weight is 209 g/mol. The van der Waals surface area contributed by atoms with E-state index in [1.807, 2.05) is 0 Å². The van der Waals surface area contributed by atoms with E-state index in [1.54, 1.807) is 12.1 Å². The fourth-order valence-electron chi connectivity index (χ4n) is 1.70. The zero-order chi connectivity index (χ0) is 9.97. The number of hydrogen-bond acceptors (Lipinski definition) is 1. The van der Waals surface area contributed by atoms with Crippen LogP contribution in [0.5, 0.6) is 0 Å². The first-order valence-electron chi connectivity index (χ1n) is 4.82. The third kappa shape index (κ3) is 1.93. The molecular formula is C11H12FNS. The highest BCUT2D eigenvalue weighted by Gasteiger charge is 2.15. The first kappa shape index (κ1) is 9.59. The molecule has 1 saturated heterocycles. The summed E-state index contributed by atoms with van der Waals surface area (Å²) in [4.78, 5) is 3.03. The molecule has 0 saturated carbocycles. The lowest BCUT2D eigenvalue weighted by Gasteiger charge is -2.18. The van der Waals surface area contributed by atoms with Crippen molar-refractivity contribution in [3.05, 3.63) is 35.6 Å². The first-order chi connectivity index (χ1) is 6.77. The molecule has 0 bridgehead atoms. The van der Waals surface area contributed by atoms with Gasteiger partial charge in [0.15, 0.2) is 0 Å². The maximum atomic E-state index is 12.7. The zero-order valence-electron chi connectivity index (χ0n) is 7.87. The second-order valence-corrected chi connectivity index (χ2v) is 3.89. The quantitative estimate of drug-likeness (QED) is 0.654. The summed E-state index contributed by atoms with van der Waals surface area (Å²) >= 11 is 5.33. The van der Waals surface area contributed by atoms with Gasteiger partial charge in [-0.1, -0.05) is 12.2 Å². The van der Waals surface area contributed by atoms with Crippen molar-refractivity contribution in [2.75, 3.05) is 13.1 Å². The Kier molecular flexibility index (Phi) is 2.77. The van der Waals surface area contributed by atoms with E-state index < -0.39 is 0 Å². The standard InChI is InChI=1S/C11H12FNS/c12-10-5-3-9(4-6-10)11(14)13-7-1-2-8-13/h3-6H,1-2,7-8H2. The van der Waals surface area contributed by atoms with Gasteiger partial charge in [-0.25, -0.2) is 4.39 Å². The van der Waals surface area contributed by atoms with Crippen molar-refractivity contribution in [1.82, 2.24) is 4.90 Å². The molecule has 3 heteroatoms. The minimum atomic E-state index is -0.210. The van der Waals surface area contributed by atoms with Crippen LogP contribution in [0.3, 0.4) is 0 Å². The minimum absolute atomic E-state index is 0.210. The van der Waals surface area contributed by atoms with Crippen molar-refractivity contribution in [1.29, 1.82) is 0 Å². The highest BCUT2D eigenvalue weighted by atomic mass is 32.1. The second-order valence-electron chi connectivity index (χ2n) is 3.51. The van der Waals surface area contributed by atoms with E-state index in [-0.39, 0.29) is 5.82 Å². The van der Waals surface area contributed by atoms with E-state index in [4.69, 9.17) is 12.2 Å². The molecule has 2 rings (SSSR count). The van der Waals surface area contributed by atoms with Gasteiger partial charge >= 0.3 is 0 Å². The monoisotopic (exact) mass is 209 g/mol. The predicted molar refractivity (Wildman–Crippen MR) is 58.9 cm³/mol. The SMILES string of the molecule is Fc1ccc(C(=S)N2CCCC2)cc1. The van der Waals surface area contributed by atoms with Crippen molar-refractivity contribution in [2.45, 2.75) is 12.8 Å². The van der Waals surface area contributed by atoms with Crippen LogP contribution < -0.4 is 0 Å². The Bertz CT molecular complexity index is 328. The Morgan fingerprint density at radius 1 is 1.14 bits per heavy atom.